The summed E-state index contributed by atoms with van der Waals surface area (Å²) in [6.45, 7) is 12.0. The molecule has 0 aromatic heterocycles. The van der Waals surface area contributed by atoms with Gasteiger partial charge in [0.2, 0.25) is 5.91 Å². The Morgan fingerprint density at radius 3 is 1.83 bits per heavy atom. The topological polar surface area (TPSA) is 108 Å². The highest BCUT2D eigenvalue weighted by molar-refractivity contribution is 5.85. The highest BCUT2D eigenvalue weighted by Crippen LogP contribution is 2.10. The van der Waals surface area contributed by atoms with Crippen molar-refractivity contribution in [3.8, 4) is 0 Å². The fourth-order valence-corrected chi connectivity index (χ4v) is 1.54. The van der Waals surface area contributed by atoms with Crippen LogP contribution in [0.4, 0.5) is 0 Å². The number of carbonyl (C=O) groups is 3. The molecule has 0 saturated heterocycles. The molecule has 7 heteroatoms. The van der Waals surface area contributed by atoms with Crippen molar-refractivity contribution < 1.29 is 23.9 Å². The van der Waals surface area contributed by atoms with Crippen molar-refractivity contribution in [2.75, 3.05) is 0 Å². The molecule has 134 valence electrons. The van der Waals surface area contributed by atoms with E-state index in [2.05, 4.69) is 5.32 Å². The van der Waals surface area contributed by atoms with Gasteiger partial charge in [-0.15, -0.1) is 0 Å². The molecule has 0 aromatic rings. The smallest absolute Gasteiger partial charge is 0.328 e. The van der Waals surface area contributed by atoms with Gasteiger partial charge >= 0.3 is 11.9 Å². The molecule has 0 saturated carbocycles. The molecule has 7 nitrogen and oxygen atoms in total. The van der Waals surface area contributed by atoms with Crippen LogP contribution in [-0.2, 0) is 23.9 Å². The van der Waals surface area contributed by atoms with Crippen LogP contribution in [0.15, 0.2) is 0 Å². The number of ether oxygens (including phenoxy) is 2. The molecule has 1 amide bonds. The molecule has 3 N–H and O–H groups in total. The van der Waals surface area contributed by atoms with Crippen molar-refractivity contribution in [3.63, 3.8) is 0 Å². The molecule has 0 aromatic carbocycles. The summed E-state index contributed by atoms with van der Waals surface area (Å²) in [7, 11) is 0. The minimum Gasteiger partial charge on any atom is -0.459 e. The van der Waals surface area contributed by atoms with Crippen LogP contribution in [0.1, 0.15) is 61.3 Å². The zero-order valence-corrected chi connectivity index (χ0v) is 15.2. The zero-order valence-electron chi connectivity index (χ0n) is 15.2. The SMILES string of the molecule is C[C@H](NC(=O)CC[C@H](N)C(=O)OC(C)(C)C)C(=O)OC(C)(C)C. The lowest BCUT2D eigenvalue weighted by Gasteiger charge is -2.23. The monoisotopic (exact) mass is 330 g/mol. The first kappa shape index (κ1) is 21.4. The Kier molecular flexibility index (Phi) is 7.70. The first-order valence-electron chi connectivity index (χ1n) is 7.72. The maximum absolute atomic E-state index is 11.8. The highest BCUT2D eigenvalue weighted by Gasteiger charge is 2.25. The second kappa shape index (κ2) is 8.29. The number of carbonyl (C=O) groups excluding carboxylic acids is 3. The van der Waals surface area contributed by atoms with Crippen molar-refractivity contribution in [3.05, 3.63) is 0 Å². The van der Waals surface area contributed by atoms with Gasteiger partial charge in [0.05, 0.1) is 0 Å². The minimum atomic E-state index is -0.878. The molecule has 0 aliphatic heterocycles. The maximum Gasteiger partial charge on any atom is 0.328 e. The molecule has 0 fully saturated rings. The van der Waals surface area contributed by atoms with Gasteiger partial charge < -0.3 is 20.5 Å². The Balaban J connectivity index is 4.25. The predicted octanol–water partition coefficient (Wildman–Crippen LogP) is 1.28. The molecule has 23 heavy (non-hydrogen) atoms. The molecule has 2 atom stereocenters. The molecule has 0 rings (SSSR count). The average molecular weight is 330 g/mol. The van der Waals surface area contributed by atoms with E-state index in [1.807, 2.05) is 0 Å². The number of esters is 2. The summed E-state index contributed by atoms with van der Waals surface area (Å²) < 4.78 is 10.3. The van der Waals surface area contributed by atoms with Gasteiger partial charge in [-0.25, -0.2) is 4.79 Å². The summed E-state index contributed by atoms with van der Waals surface area (Å²) in [5.74, 6) is -1.44. The number of amides is 1. The van der Waals surface area contributed by atoms with Crippen molar-refractivity contribution in [1.82, 2.24) is 5.32 Å². The van der Waals surface area contributed by atoms with Gasteiger partial charge in [0, 0.05) is 6.42 Å². The van der Waals surface area contributed by atoms with Crippen LogP contribution in [0.5, 0.6) is 0 Å². The molecule has 0 aliphatic carbocycles. The fourth-order valence-electron chi connectivity index (χ4n) is 1.54. The van der Waals surface area contributed by atoms with Crippen molar-refractivity contribution in [2.24, 2.45) is 5.73 Å². The van der Waals surface area contributed by atoms with Crippen LogP contribution in [0.2, 0.25) is 0 Å². The van der Waals surface area contributed by atoms with Crippen LogP contribution >= 0.6 is 0 Å². The molecule has 0 unspecified atom stereocenters. The van der Waals surface area contributed by atoms with Gasteiger partial charge in [-0.2, -0.15) is 0 Å². The standard InChI is InChI=1S/C16H30N2O5/c1-10(13(20)22-15(2,3)4)18-12(19)9-8-11(17)14(21)23-16(5,6)7/h10-11H,8-9,17H2,1-7H3,(H,18,19)/t10-,11-/m0/s1. The van der Waals surface area contributed by atoms with E-state index in [0.29, 0.717) is 0 Å². The van der Waals surface area contributed by atoms with Crippen LogP contribution in [0, 0.1) is 0 Å². The zero-order chi connectivity index (χ0) is 18.4. The van der Waals surface area contributed by atoms with Gasteiger partial charge in [-0.3, -0.25) is 9.59 Å². The summed E-state index contributed by atoms with van der Waals surface area (Å²) in [5, 5.41) is 2.52. The third kappa shape index (κ3) is 10.7. The van der Waals surface area contributed by atoms with Crippen LogP contribution in [0.3, 0.4) is 0 Å². The molecular formula is C16H30N2O5. The van der Waals surface area contributed by atoms with E-state index in [4.69, 9.17) is 15.2 Å². The first-order valence-corrected chi connectivity index (χ1v) is 7.72. The summed E-state index contributed by atoms with van der Waals surface area (Å²) in [5.41, 5.74) is 4.46. The lowest BCUT2D eigenvalue weighted by atomic mass is 10.1. The van der Waals surface area contributed by atoms with Gasteiger partial charge in [0.15, 0.2) is 0 Å². The Hall–Kier alpha value is -1.63. The highest BCUT2D eigenvalue weighted by atomic mass is 16.6. The van der Waals surface area contributed by atoms with Crippen molar-refractivity contribution in [1.29, 1.82) is 0 Å². The van der Waals surface area contributed by atoms with Crippen LogP contribution in [-0.4, -0.2) is 41.1 Å². The summed E-state index contributed by atoms with van der Waals surface area (Å²) in [6, 6.07) is -1.64. The molecule has 0 bridgehead atoms. The van der Waals surface area contributed by atoms with Crippen LogP contribution < -0.4 is 11.1 Å². The lowest BCUT2D eigenvalue weighted by Crippen LogP contribution is -2.43. The molecule has 0 radical (unpaired) electrons. The number of hydrogen-bond acceptors (Lipinski definition) is 6. The van der Waals surface area contributed by atoms with E-state index in [9.17, 15) is 14.4 Å². The Morgan fingerprint density at radius 1 is 0.957 bits per heavy atom. The average Bonchev–Trinajstić information content (AvgIpc) is 2.31. The number of rotatable bonds is 6. The van der Waals surface area contributed by atoms with Gasteiger partial charge in [0.25, 0.3) is 0 Å². The Morgan fingerprint density at radius 2 is 1.39 bits per heavy atom. The largest absolute Gasteiger partial charge is 0.459 e. The second-order valence-electron chi connectivity index (χ2n) is 7.50. The Labute approximate surface area is 138 Å². The number of nitrogens with one attached hydrogen (secondary N) is 1. The summed E-state index contributed by atoms with van der Waals surface area (Å²) >= 11 is 0. The first-order chi connectivity index (χ1) is 10.2. The fraction of sp³-hybridized carbons (Fsp3) is 0.812. The molecule has 0 heterocycles. The van der Waals surface area contributed by atoms with E-state index in [1.54, 1.807) is 48.5 Å². The van der Waals surface area contributed by atoms with Crippen molar-refractivity contribution in [2.45, 2.75) is 84.6 Å². The van der Waals surface area contributed by atoms with E-state index < -0.39 is 35.2 Å². The normalized spacial score (nSPS) is 14.6. The van der Waals surface area contributed by atoms with E-state index >= 15 is 0 Å². The van der Waals surface area contributed by atoms with Crippen molar-refractivity contribution >= 4 is 17.8 Å². The Bertz CT molecular complexity index is 435. The number of hydrogen-bond donors (Lipinski definition) is 2. The number of nitrogens with two attached hydrogens (primary N) is 1. The van der Waals surface area contributed by atoms with Gasteiger partial charge in [-0.05, 0) is 54.9 Å². The lowest BCUT2D eigenvalue weighted by molar-refractivity contribution is -0.159. The van der Waals surface area contributed by atoms with Gasteiger partial charge in [0.1, 0.15) is 23.3 Å². The minimum absolute atomic E-state index is 0.0214. The van der Waals surface area contributed by atoms with E-state index in [1.165, 1.54) is 0 Å². The summed E-state index contributed by atoms with van der Waals surface area (Å²) in [6.07, 6.45) is 0.162. The molecule has 0 aliphatic rings. The quantitative estimate of drug-likeness (QED) is 0.710. The third-order valence-corrected chi connectivity index (χ3v) is 2.53. The molecular weight excluding hydrogens is 300 g/mol. The van der Waals surface area contributed by atoms with Crippen LogP contribution in [0.25, 0.3) is 0 Å². The molecule has 0 spiro atoms. The summed E-state index contributed by atoms with van der Waals surface area (Å²) in [4.78, 5) is 35.3. The van der Waals surface area contributed by atoms with E-state index in [0.717, 1.165) is 0 Å². The maximum atomic E-state index is 11.8. The second-order valence-corrected chi connectivity index (χ2v) is 7.50. The van der Waals surface area contributed by atoms with E-state index in [-0.39, 0.29) is 18.7 Å². The van der Waals surface area contributed by atoms with Gasteiger partial charge in [-0.1, -0.05) is 0 Å². The third-order valence-electron chi connectivity index (χ3n) is 2.53. The predicted molar refractivity (Wildman–Crippen MR) is 86.5 cm³/mol.